The molecule has 0 aromatic carbocycles. The Hall–Kier alpha value is -1.94. The highest BCUT2D eigenvalue weighted by molar-refractivity contribution is 5.58. The molecule has 18 heavy (non-hydrogen) atoms. The lowest BCUT2D eigenvalue weighted by atomic mass is 10.2. The lowest BCUT2D eigenvalue weighted by Crippen LogP contribution is -2.20. The summed E-state index contributed by atoms with van der Waals surface area (Å²) in [7, 11) is 0. The number of nitrogens with one attached hydrogen (secondary N) is 1. The first-order valence-electron chi connectivity index (χ1n) is 6.17. The molecule has 1 aliphatic heterocycles. The molecular weight excluding hydrogens is 226 g/mol. The van der Waals surface area contributed by atoms with Crippen molar-refractivity contribution >= 4 is 0 Å². The third-order valence-corrected chi connectivity index (χ3v) is 3.00. The quantitative estimate of drug-likeness (QED) is 0.891. The lowest BCUT2D eigenvalue weighted by molar-refractivity contribution is 0.214. The van der Waals surface area contributed by atoms with Gasteiger partial charge in [-0.2, -0.15) is 0 Å². The van der Waals surface area contributed by atoms with Crippen molar-refractivity contribution in [2.75, 3.05) is 13.1 Å². The first-order valence-corrected chi connectivity index (χ1v) is 6.17. The minimum atomic E-state index is 0.241. The molecule has 0 amide bonds. The van der Waals surface area contributed by atoms with Gasteiger partial charge in [0.1, 0.15) is 6.10 Å². The second-order valence-corrected chi connectivity index (χ2v) is 4.33. The Morgan fingerprint density at radius 2 is 2.06 bits per heavy atom. The predicted octanol–water partition coefficient (Wildman–Crippen LogP) is 1.88. The van der Waals surface area contributed by atoms with Crippen molar-refractivity contribution < 1.29 is 4.74 Å². The van der Waals surface area contributed by atoms with E-state index in [1.165, 1.54) is 0 Å². The highest BCUT2D eigenvalue weighted by atomic mass is 16.5. The third-order valence-electron chi connectivity index (χ3n) is 3.00. The highest BCUT2D eigenvalue weighted by Crippen LogP contribution is 2.20. The standard InChI is InChI=1S/C14H15N3O/c1-2-13(11-4-7-15-8-5-11)17-14(3-1)18-12-6-9-16-10-12/h1-5,7-8,12,16H,6,9-10H2. The summed E-state index contributed by atoms with van der Waals surface area (Å²) < 4.78 is 5.85. The van der Waals surface area contributed by atoms with Gasteiger partial charge in [-0.05, 0) is 31.2 Å². The molecule has 2 aromatic rings. The third kappa shape index (κ3) is 2.49. The van der Waals surface area contributed by atoms with Gasteiger partial charge in [0.05, 0.1) is 5.69 Å². The molecule has 3 rings (SSSR count). The number of aromatic nitrogens is 2. The van der Waals surface area contributed by atoms with Crippen molar-refractivity contribution in [2.24, 2.45) is 0 Å². The maximum atomic E-state index is 5.85. The largest absolute Gasteiger partial charge is 0.473 e. The molecule has 92 valence electrons. The van der Waals surface area contributed by atoms with Crippen molar-refractivity contribution in [3.05, 3.63) is 42.7 Å². The van der Waals surface area contributed by atoms with Crippen LogP contribution in [0.4, 0.5) is 0 Å². The van der Waals surface area contributed by atoms with Crippen molar-refractivity contribution in [2.45, 2.75) is 12.5 Å². The van der Waals surface area contributed by atoms with Gasteiger partial charge in [0.2, 0.25) is 5.88 Å². The molecule has 2 aromatic heterocycles. The van der Waals surface area contributed by atoms with E-state index >= 15 is 0 Å². The Labute approximate surface area is 106 Å². The average Bonchev–Trinajstić information content (AvgIpc) is 2.93. The van der Waals surface area contributed by atoms with Crippen LogP contribution in [0.15, 0.2) is 42.7 Å². The van der Waals surface area contributed by atoms with Crippen LogP contribution >= 0.6 is 0 Å². The molecule has 4 heteroatoms. The van der Waals surface area contributed by atoms with Crippen LogP contribution in [0, 0.1) is 0 Å². The fourth-order valence-corrected chi connectivity index (χ4v) is 2.06. The van der Waals surface area contributed by atoms with Crippen LogP contribution in [-0.2, 0) is 0 Å². The summed E-state index contributed by atoms with van der Waals surface area (Å²) >= 11 is 0. The molecular formula is C14H15N3O. The van der Waals surface area contributed by atoms with E-state index in [-0.39, 0.29) is 6.10 Å². The second kappa shape index (κ2) is 5.14. The Balaban J connectivity index is 1.80. The summed E-state index contributed by atoms with van der Waals surface area (Å²) in [5, 5.41) is 3.28. The predicted molar refractivity (Wildman–Crippen MR) is 69.4 cm³/mol. The van der Waals surface area contributed by atoms with E-state index in [1.54, 1.807) is 12.4 Å². The van der Waals surface area contributed by atoms with Gasteiger partial charge >= 0.3 is 0 Å². The van der Waals surface area contributed by atoms with Gasteiger partial charge in [0.15, 0.2) is 0 Å². The molecule has 0 radical (unpaired) electrons. The molecule has 1 unspecified atom stereocenters. The first kappa shape index (κ1) is 11.2. The van der Waals surface area contributed by atoms with E-state index in [0.29, 0.717) is 5.88 Å². The topological polar surface area (TPSA) is 47.0 Å². The van der Waals surface area contributed by atoms with E-state index in [0.717, 1.165) is 30.8 Å². The van der Waals surface area contributed by atoms with Gasteiger partial charge in [0.25, 0.3) is 0 Å². The number of rotatable bonds is 3. The summed E-state index contributed by atoms with van der Waals surface area (Å²) in [5.74, 6) is 0.693. The van der Waals surface area contributed by atoms with Gasteiger partial charge in [-0.25, -0.2) is 4.98 Å². The van der Waals surface area contributed by atoms with E-state index in [1.807, 2.05) is 30.3 Å². The number of pyridine rings is 2. The maximum absolute atomic E-state index is 5.85. The Morgan fingerprint density at radius 1 is 1.17 bits per heavy atom. The number of ether oxygens (including phenoxy) is 1. The zero-order chi connectivity index (χ0) is 12.2. The molecule has 0 aliphatic carbocycles. The Bertz CT molecular complexity index is 509. The van der Waals surface area contributed by atoms with Gasteiger partial charge in [-0.15, -0.1) is 0 Å². The Morgan fingerprint density at radius 3 is 2.83 bits per heavy atom. The minimum Gasteiger partial charge on any atom is -0.473 e. The lowest BCUT2D eigenvalue weighted by Gasteiger charge is -2.12. The molecule has 3 heterocycles. The van der Waals surface area contributed by atoms with Gasteiger partial charge in [-0.3, -0.25) is 4.98 Å². The zero-order valence-corrected chi connectivity index (χ0v) is 10.0. The summed E-state index contributed by atoms with van der Waals surface area (Å²) in [6, 6.07) is 9.76. The average molecular weight is 241 g/mol. The minimum absolute atomic E-state index is 0.241. The van der Waals surface area contributed by atoms with Crippen LogP contribution in [-0.4, -0.2) is 29.2 Å². The smallest absolute Gasteiger partial charge is 0.214 e. The van der Waals surface area contributed by atoms with Gasteiger partial charge in [-0.1, -0.05) is 6.07 Å². The maximum Gasteiger partial charge on any atom is 0.214 e. The first-order chi connectivity index (χ1) is 8.92. The fraction of sp³-hybridized carbons (Fsp3) is 0.286. The van der Waals surface area contributed by atoms with Crippen LogP contribution in [0.25, 0.3) is 11.3 Å². The van der Waals surface area contributed by atoms with E-state index in [4.69, 9.17) is 4.74 Å². The molecule has 1 aliphatic rings. The van der Waals surface area contributed by atoms with Crippen LogP contribution < -0.4 is 10.1 Å². The molecule has 0 spiro atoms. The summed E-state index contributed by atoms with van der Waals surface area (Å²) in [4.78, 5) is 8.54. The number of nitrogens with zero attached hydrogens (tertiary/aromatic N) is 2. The molecule has 1 atom stereocenters. The molecule has 0 saturated carbocycles. The molecule has 4 nitrogen and oxygen atoms in total. The molecule has 1 N–H and O–H groups in total. The number of hydrogen-bond donors (Lipinski definition) is 1. The molecule has 1 fully saturated rings. The van der Waals surface area contributed by atoms with E-state index in [9.17, 15) is 0 Å². The van der Waals surface area contributed by atoms with Crippen LogP contribution in [0.5, 0.6) is 5.88 Å². The van der Waals surface area contributed by atoms with Crippen molar-refractivity contribution in [1.29, 1.82) is 0 Å². The van der Waals surface area contributed by atoms with Gasteiger partial charge < -0.3 is 10.1 Å². The van der Waals surface area contributed by atoms with Crippen molar-refractivity contribution in [1.82, 2.24) is 15.3 Å². The van der Waals surface area contributed by atoms with Crippen LogP contribution in [0.2, 0.25) is 0 Å². The summed E-state index contributed by atoms with van der Waals surface area (Å²) in [6.45, 7) is 1.93. The monoisotopic (exact) mass is 241 g/mol. The van der Waals surface area contributed by atoms with Crippen LogP contribution in [0.1, 0.15) is 6.42 Å². The summed E-state index contributed by atoms with van der Waals surface area (Å²) in [6.07, 6.45) is 4.82. The molecule has 0 bridgehead atoms. The second-order valence-electron chi connectivity index (χ2n) is 4.33. The zero-order valence-electron chi connectivity index (χ0n) is 10.0. The summed E-state index contributed by atoms with van der Waals surface area (Å²) in [5.41, 5.74) is 1.97. The van der Waals surface area contributed by atoms with Crippen LogP contribution in [0.3, 0.4) is 0 Å². The number of hydrogen-bond acceptors (Lipinski definition) is 4. The SMILES string of the molecule is c1cc(OC2CCNC2)nc(-c2ccncc2)c1. The van der Waals surface area contributed by atoms with Crippen molar-refractivity contribution in [3.8, 4) is 17.1 Å². The highest BCUT2D eigenvalue weighted by Gasteiger charge is 2.16. The van der Waals surface area contributed by atoms with Gasteiger partial charge in [0, 0.05) is 30.6 Å². The molecule has 1 saturated heterocycles. The normalized spacial score (nSPS) is 18.8. The Kier molecular flexibility index (Phi) is 3.19. The van der Waals surface area contributed by atoms with E-state index in [2.05, 4.69) is 15.3 Å². The van der Waals surface area contributed by atoms with E-state index < -0.39 is 0 Å². The fourth-order valence-electron chi connectivity index (χ4n) is 2.06. The van der Waals surface area contributed by atoms with Crippen molar-refractivity contribution in [3.63, 3.8) is 0 Å².